The molecule has 3 heteroatoms. The summed E-state index contributed by atoms with van der Waals surface area (Å²) in [6, 6.07) is 0. The molecule has 0 spiro atoms. The Kier molecular flexibility index (Phi) is 5.09. The predicted molar refractivity (Wildman–Crippen MR) is 62.4 cm³/mol. The first-order valence-electron chi connectivity index (χ1n) is 6.21. The number of carbonyl (C=O) groups excluding carboxylic acids is 1. The van der Waals surface area contributed by atoms with Crippen LogP contribution in [0.1, 0.15) is 39.5 Å². The van der Waals surface area contributed by atoms with E-state index in [1.54, 1.807) is 0 Å². The smallest absolute Gasteiger partial charge is 0.225 e. The van der Waals surface area contributed by atoms with E-state index in [-0.39, 0.29) is 5.92 Å². The minimum Gasteiger partial charge on any atom is -0.342 e. The average Bonchev–Trinajstić information content (AvgIpc) is 2.30. The first-order chi connectivity index (χ1) is 7.22. The lowest BCUT2D eigenvalue weighted by Crippen LogP contribution is -2.42. The highest BCUT2D eigenvalue weighted by molar-refractivity contribution is 5.78. The van der Waals surface area contributed by atoms with Crippen LogP contribution in [0.25, 0.3) is 0 Å². The summed E-state index contributed by atoms with van der Waals surface area (Å²) in [5.41, 5.74) is 5.63. The van der Waals surface area contributed by atoms with Crippen LogP contribution < -0.4 is 5.73 Å². The molecule has 0 aromatic carbocycles. The summed E-state index contributed by atoms with van der Waals surface area (Å²) in [6.45, 7) is 6.79. The number of hydrogen-bond donors (Lipinski definition) is 1. The van der Waals surface area contributed by atoms with E-state index in [0.29, 0.717) is 11.8 Å². The number of likely N-dealkylation sites (tertiary alicyclic amines) is 1. The third-order valence-corrected chi connectivity index (χ3v) is 3.59. The van der Waals surface area contributed by atoms with Gasteiger partial charge in [0.2, 0.25) is 5.91 Å². The molecule has 2 N–H and O–H groups in total. The van der Waals surface area contributed by atoms with E-state index in [0.717, 1.165) is 45.3 Å². The van der Waals surface area contributed by atoms with Crippen molar-refractivity contribution < 1.29 is 4.79 Å². The van der Waals surface area contributed by atoms with Crippen LogP contribution >= 0.6 is 0 Å². The zero-order chi connectivity index (χ0) is 11.3. The normalized spacial score (nSPS) is 18.5. The van der Waals surface area contributed by atoms with E-state index in [9.17, 15) is 4.79 Å². The molecule has 1 aliphatic heterocycles. The molecule has 0 aromatic heterocycles. The van der Waals surface area contributed by atoms with Gasteiger partial charge in [0.05, 0.1) is 0 Å². The van der Waals surface area contributed by atoms with Crippen LogP contribution in [0.4, 0.5) is 0 Å². The Morgan fingerprint density at radius 1 is 1.33 bits per heavy atom. The molecule has 0 atom stereocenters. The largest absolute Gasteiger partial charge is 0.342 e. The fourth-order valence-corrected chi connectivity index (χ4v) is 2.29. The van der Waals surface area contributed by atoms with Crippen molar-refractivity contribution in [2.75, 3.05) is 19.6 Å². The molecule has 0 unspecified atom stereocenters. The number of hydrogen-bond acceptors (Lipinski definition) is 2. The lowest BCUT2D eigenvalue weighted by molar-refractivity contribution is -0.137. The second kappa shape index (κ2) is 6.11. The summed E-state index contributed by atoms with van der Waals surface area (Å²) >= 11 is 0. The second-order valence-corrected chi connectivity index (χ2v) is 4.52. The van der Waals surface area contributed by atoms with Gasteiger partial charge in [0.25, 0.3) is 0 Å². The molecule has 15 heavy (non-hydrogen) atoms. The maximum Gasteiger partial charge on any atom is 0.225 e. The Hall–Kier alpha value is -0.570. The summed E-state index contributed by atoms with van der Waals surface area (Å²) in [5.74, 6) is 1.23. The standard InChI is InChI=1S/C12H24N2O/c1-3-11(4-2)12(15)14-7-5-10(9-13)6-8-14/h10-11H,3-9,13H2,1-2H3. The fraction of sp³-hybridized carbons (Fsp3) is 0.917. The number of nitrogens with zero attached hydrogens (tertiary/aromatic N) is 1. The van der Waals surface area contributed by atoms with Crippen molar-refractivity contribution in [1.29, 1.82) is 0 Å². The molecule has 3 nitrogen and oxygen atoms in total. The van der Waals surface area contributed by atoms with Crippen LogP contribution in [0, 0.1) is 11.8 Å². The highest BCUT2D eigenvalue weighted by Gasteiger charge is 2.25. The van der Waals surface area contributed by atoms with E-state index >= 15 is 0 Å². The average molecular weight is 212 g/mol. The summed E-state index contributed by atoms with van der Waals surface area (Å²) in [6.07, 6.45) is 4.10. The molecule has 0 bridgehead atoms. The Labute approximate surface area is 93.0 Å². The SMILES string of the molecule is CCC(CC)C(=O)N1CCC(CN)CC1. The molecular weight excluding hydrogens is 188 g/mol. The van der Waals surface area contributed by atoms with Gasteiger partial charge in [0, 0.05) is 19.0 Å². The summed E-state index contributed by atoms with van der Waals surface area (Å²) in [5, 5.41) is 0. The maximum absolute atomic E-state index is 12.1. The molecule has 0 saturated carbocycles. The van der Waals surface area contributed by atoms with E-state index in [1.807, 2.05) is 4.90 Å². The molecule has 0 radical (unpaired) electrons. The van der Waals surface area contributed by atoms with E-state index in [1.165, 1.54) is 0 Å². The van der Waals surface area contributed by atoms with E-state index in [4.69, 9.17) is 5.73 Å². The molecule has 88 valence electrons. The minimum absolute atomic E-state index is 0.236. The van der Waals surface area contributed by atoms with Gasteiger partial charge in [-0.2, -0.15) is 0 Å². The third kappa shape index (κ3) is 3.20. The number of nitrogens with two attached hydrogens (primary N) is 1. The molecule has 1 aliphatic rings. The van der Waals surface area contributed by atoms with Crippen LogP contribution in [0.15, 0.2) is 0 Å². The number of carbonyl (C=O) groups is 1. The molecule has 1 amide bonds. The molecule has 1 heterocycles. The zero-order valence-electron chi connectivity index (χ0n) is 10.0. The van der Waals surface area contributed by atoms with Crippen molar-refractivity contribution in [2.24, 2.45) is 17.6 Å². The topological polar surface area (TPSA) is 46.3 Å². The van der Waals surface area contributed by atoms with Crippen LogP contribution in [0.2, 0.25) is 0 Å². The van der Waals surface area contributed by atoms with Crippen molar-refractivity contribution in [2.45, 2.75) is 39.5 Å². The molecule has 0 aromatic rings. The summed E-state index contributed by atoms with van der Waals surface area (Å²) in [7, 11) is 0. The molecular formula is C12H24N2O. The second-order valence-electron chi connectivity index (χ2n) is 4.52. The van der Waals surface area contributed by atoms with Crippen molar-refractivity contribution >= 4 is 5.91 Å². The van der Waals surface area contributed by atoms with Crippen molar-refractivity contribution in [3.63, 3.8) is 0 Å². The van der Waals surface area contributed by atoms with Gasteiger partial charge in [-0.25, -0.2) is 0 Å². The van der Waals surface area contributed by atoms with Crippen LogP contribution in [0.3, 0.4) is 0 Å². The molecule has 1 saturated heterocycles. The van der Waals surface area contributed by atoms with Gasteiger partial charge in [-0.15, -0.1) is 0 Å². The van der Waals surface area contributed by atoms with Gasteiger partial charge in [0.15, 0.2) is 0 Å². The molecule has 0 aliphatic carbocycles. The third-order valence-electron chi connectivity index (χ3n) is 3.59. The van der Waals surface area contributed by atoms with Crippen LogP contribution in [0.5, 0.6) is 0 Å². The quantitative estimate of drug-likeness (QED) is 0.769. The van der Waals surface area contributed by atoms with Gasteiger partial charge < -0.3 is 10.6 Å². The first-order valence-corrected chi connectivity index (χ1v) is 6.21. The highest BCUT2D eigenvalue weighted by Crippen LogP contribution is 2.19. The summed E-state index contributed by atoms with van der Waals surface area (Å²) < 4.78 is 0. The first kappa shape index (κ1) is 12.5. The minimum atomic E-state index is 0.236. The monoisotopic (exact) mass is 212 g/mol. The van der Waals surface area contributed by atoms with Crippen molar-refractivity contribution in [1.82, 2.24) is 4.90 Å². The Morgan fingerprint density at radius 3 is 2.27 bits per heavy atom. The van der Waals surface area contributed by atoms with Gasteiger partial charge in [-0.1, -0.05) is 13.8 Å². The van der Waals surface area contributed by atoms with Crippen LogP contribution in [-0.2, 0) is 4.79 Å². The Balaban J connectivity index is 2.42. The number of rotatable bonds is 4. The lowest BCUT2D eigenvalue weighted by atomic mass is 9.94. The van der Waals surface area contributed by atoms with Gasteiger partial charge in [-0.3, -0.25) is 4.79 Å². The van der Waals surface area contributed by atoms with Crippen molar-refractivity contribution in [3.05, 3.63) is 0 Å². The van der Waals surface area contributed by atoms with Gasteiger partial charge in [0.1, 0.15) is 0 Å². The fourth-order valence-electron chi connectivity index (χ4n) is 2.29. The number of piperidine rings is 1. The molecule has 1 fully saturated rings. The van der Waals surface area contributed by atoms with E-state index < -0.39 is 0 Å². The predicted octanol–water partition coefficient (Wildman–Crippen LogP) is 1.62. The molecule has 1 rings (SSSR count). The Morgan fingerprint density at radius 2 is 1.87 bits per heavy atom. The lowest BCUT2D eigenvalue weighted by Gasteiger charge is -2.33. The van der Waals surface area contributed by atoms with Crippen LogP contribution in [-0.4, -0.2) is 30.4 Å². The Bertz CT molecular complexity index is 194. The van der Waals surface area contributed by atoms with Crippen molar-refractivity contribution in [3.8, 4) is 0 Å². The number of amides is 1. The van der Waals surface area contributed by atoms with E-state index in [2.05, 4.69) is 13.8 Å². The maximum atomic E-state index is 12.1. The summed E-state index contributed by atoms with van der Waals surface area (Å²) in [4.78, 5) is 14.1. The van der Waals surface area contributed by atoms with Gasteiger partial charge >= 0.3 is 0 Å². The zero-order valence-corrected chi connectivity index (χ0v) is 10.0. The highest BCUT2D eigenvalue weighted by atomic mass is 16.2. The van der Waals surface area contributed by atoms with Gasteiger partial charge in [-0.05, 0) is 38.1 Å².